The number of carbonyl (C=O) groups is 1. The molecule has 6 nitrogen and oxygen atoms in total. The number of carboxylic acids is 1. The van der Waals surface area contributed by atoms with Gasteiger partial charge in [0.1, 0.15) is 5.75 Å². The molecule has 0 atom stereocenters. The van der Waals surface area contributed by atoms with E-state index in [0.717, 1.165) is 23.8 Å². The molecular formula is C14H10ClNO5. The molecule has 21 heavy (non-hydrogen) atoms. The topological polar surface area (TPSA) is 89.7 Å². The van der Waals surface area contributed by atoms with Crippen LogP contribution < -0.4 is 4.74 Å². The summed E-state index contributed by atoms with van der Waals surface area (Å²) >= 11 is 5.89. The molecule has 0 spiro atoms. The van der Waals surface area contributed by atoms with Crippen molar-refractivity contribution in [1.29, 1.82) is 0 Å². The fourth-order valence-corrected chi connectivity index (χ4v) is 1.80. The first-order valence-corrected chi connectivity index (χ1v) is 6.22. The standard InChI is InChI=1S/C14H10ClNO5/c1-8-6-10(3-4-11(8)15)21-13-7-9(14(17)18)2-5-12(13)16(19)20/h2-7H,1H3,(H,17,18). The van der Waals surface area contributed by atoms with Crippen LogP contribution in [0.15, 0.2) is 36.4 Å². The minimum Gasteiger partial charge on any atom is -0.478 e. The average molecular weight is 308 g/mol. The van der Waals surface area contributed by atoms with Gasteiger partial charge in [-0.1, -0.05) is 11.6 Å². The highest BCUT2D eigenvalue weighted by atomic mass is 35.5. The highest BCUT2D eigenvalue weighted by Crippen LogP contribution is 2.33. The molecule has 2 aromatic rings. The third-order valence-electron chi connectivity index (χ3n) is 2.76. The molecule has 0 heterocycles. The number of hydrogen-bond donors (Lipinski definition) is 1. The molecule has 0 aliphatic carbocycles. The first-order valence-electron chi connectivity index (χ1n) is 5.84. The number of nitro groups is 1. The normalized spacial score (nSPS) is 10.2. The summed E-state index contributed by atoms with van der Waals surface area (Å²) in [6.45, 7) is 1.76. The van der Waals surface area contributed by atoms with E-state index in [1.54, 1.807) is 25.1 Å². The molecule has 0 bridgehead atoms. The lowest BCUT2D eigenvalue weighted by atomic mass is 10.2. The third kappa shape index (κ3) is 3.29. The summed E-state index contributed by atoms with van der Waals surface area (Å²) in [5.41, 5.74) is 0.333. The number of carboxylic acid groups (broad SMARTS) is 1. The number of aromatic carboxylic acids is 1. The van der Waals surface area contributed by atoms with Crippen LogP contribution in [0.2, 0.25) is 5.02 Å². The predicted molar refractivity (Wildman–Crippen MR) is 76.3 cm³/mol. The van der Waals surface area contributed by atoms with Crippen LogP contribution in [0.3, 0.4) is 0 Å². The Morgan fingerprint density at radius 3 is 2.57 bits per heavy atom. The lowest BCUT2D eigenvalue weighted by Crippen LogP contribution is -1.99. The molecule has 0 aromatic heterocycles. The third-order valence-corrected chi connectivity index (χ3v) is 3.18. The van der Waals surface area contributed by atoms with Gasteiger partial charge < -0.3 is 9.84 Å². The molecule has 2 rings (SSSR count). The van der Waals surface area contributed by atoms with Crippen LogP contribution >= 0.6 is 11.6 Å². The number of ether oxygens (including phenoxy) is 1. The summed E-state index contributed by atoms with van der Waals surface area (Å²) < 4.78 is 5.43. The van der Waals surface area contributed by atoms with Gasteiger partial charge >= 0.3 is 11.7 Å². The summed E-state index contributed by atoms with van der Waals surface area (Å²) in [5.74, 6) is -0.994. The molecule has 1 N–H and O–H groups in total. The van der Waals surface area contributed by atoms with E-state index in [4.69, 9.17) is 21.4 Å². The van der Waals surface area contributed by atoms with E-state index in [1.165, 1.54) is 0 Å². The van der Waals surface area contributed by atoms with Gasteiger partial charge in [-0.2, -0.15) is 0 Å². The smallest absolute Gasteiger partial charge is 0.335 e. The lowest BCUT2D eigenvalue weighted by molar-refractivity contribution is -0.385. The first kappa shape index (κ1) is 14.8. The highest BCUT2D eigenvalue weighted by molar-refractivity contribution is 6.31. The Morgan fingerprint density at radius 1 is 1.29 bits per heavy atom. The minimum absolute atomic E-state index is 0.0960. The van der Waals surface area contributed by atoms with Crippen molar-refractivity contribution in [3.05, 3.63) is 62.7 Å². The summed E-state index contributed by atoms with van der Waals surface area (Å²) in [7, 11) is 0. The average Bonchev–Trinajstić information content (AvgIpc) is 2.42. The van der Waals surface area contributed by atoms with Gasteiger partial charge in [0.15, 0.2) is 0 Å². The van der Waals surface area contributed by atoms with E-state index in [9.17, 15) is 14.9 Å². The molecule has 2 aromatic carbocycles. The number of nitro benzene ring substituents is 1. The lowest BCUT2D eigenvalue weighted by Gasteiger charge is -2.08. The molecular weight excluding hydrogens is 298 g/mol. The van der Waals surface area contributed by atoms with Crippen molar-refractivity contribution in [2.24, 2.45) is 0 Å². The molecule has 0 saturated carbocycles. The molecule has 0 aliphatic rings. The Hall–Kier alpha value is -2.60. The van der Waals surface area contributed by atoms with Crippen molar-refractivity contribution in [1.82, 2.24) is 0 Å². The van der Waals surface area contributed by atoms with E-state index < -0.39 is 10.9 Å². The van der Waals surface area contributed by atoms with Crippen LogP contribution in [0.4, 0.5) is 5.69 Å². The van der Waals surface area contributed by atoms with Crippen LogP contribution in [-0.4, -0.2) is 16.0 Å². The van der Waals surface area contributed by atoms with Gasteiger partial charge in [-0.05, 0) is 36.8 Å². The zero-order chi connectivity index (χ0) is 15.6. The minimum atomic E-state index is -1.19. The SMILES string of the molecule is Cc1cc(Oc2cc(C(=O)O)ccc2[N+](=O)[O-])ccc1Cl. The Morgan fingerprint density at radius 2 is 2.00 bits per heavy atom. The van der Waals surface area contributed by atoms with E-state index >= 15 is 0 Å². The van der Waals surface area contributed by atoms with Crippen LogP contribution in [-0.2, 0) is 0 Å². The van der Waals surface area contributed by atoms with Crippen molar-refractivity contribution in [2.75, 3.05) is 0 Å². The number of nitrogens with zero attached hydrogens (tertiary/aromatic N) is 1. The van der Waals surface area contributed by atoms with Gasteiger partial charge in [-0.15, -0.1) is 0 Å². The number of benzene rings is 2. The molecule has 0 amide bonds. The monoisotopic (exact) mass is 307 g/mol. The Kier molecular flexibility index (Phi) is 4.09. The number of aryl methyl sites for hydroxylation is 1. The fraction of sp³-hybridized carbons (Fsp3) is 0.0714. The van der Waals surface area contributed by atoms with Crippen LogP contribution in [0, 0.1) is 17.0 Å². The number of rotatable bonds is 4. The summed E-state index contributed by atoms with van der Waals surface area (Å²) in [4.78, 5) is 21.3. The molecule has 108 valence electrons. The molecule has 0 aliphatic heterocycles. The zero-order valence-corrected chi connectivity index (χ0v) is 11.6. The first-order chi connectivity index (χ1) is 9.88. The van der Waals surface area contributed by atoms with Crippen molar-refractivity contribution in [3.63, 3.8) is 0 Å². The van der Waals surface area contributed by atoms with Crippen LogP contribution in [0.1, 0.15) is 15.9 Å². The Bertz CT molecular complexity index is 729. The van der Waals surface area contributed by atoms with Crippen molar-refractivity contribution >= 4 is 23.3 Å². The molecule has 0 radical (unpaired) electrons. The van der Waals surface area contributed by atoms with E-state index in [-0.39, 0.29) is 17.0 Å². The Balaban J connectivity index is 2.45. The van der Waals surface area contributed by atoms with Crippen molar-refractivity contribution < 1.29 is 19.6 Å². The molecule has 7 heteroatoms. The second kappa shape index (κ2) is 5.80. The van der Waals surface area contributed by atoms with Gasteiger partial charge in [0.05, 0.1) is 10.5 Å². The number of halogens is 1. The Labute approximate surface area is 124 Å². The summed E-state index contributed by atoms with van der Waals surface area (Å²) in [5, 5.41) is 20.5. The highest BCUT2D eigenvalue weighted by Gasteiger charge is 2.18. The van der Waals surface area contributed by atoms with Crippen LogP contribution in [0.25, 0.3) is 0 Å². The summed E-state index contributed by atoms with van der Waals surface area (Å²) in [6, 6.07) is 8.12. The van der Waals surface area contributed by atoms with Gasteiger partial charge in [0, 0.05) is 17.2 Å². The van der Waals surface area contributed by atoms with E-state index in [0.29, 0.717) is 10.8 Å². The van der Waals surface area contributed by atoms with Gasteiger partial charge in [0.25, 0.3) is 0 Å². The predicted octanol–water partition coefficient (Wildman–Crippen LogP) is 4.05. The quantitative estimate of drug-likeness (QED) is 0.680. The number of hydrogen-bond acceptors (Lipinski definition) is 4. The summed E-state index contributed by atoms with van der Waals surface area (Å²) in [6.07, 6.45) is 0. The maximum atomic E-state index is 11.0. The van der Waals surface area contributed by atoms with E-state index in [1.807, 2.05) is 0 Å². The van der Waals surface area contributed by atoms with E-state index in [2.05, 4.69) is 0 Å². The van der Waals surface area contributed by atoms with Crippen molar-refractivity contribution in [3.8, 4) is 11.5 Å². The second-order valence-corrected chi connectivity index (χ2v) is 4.67. The second-order valence-electron chi connectivity index (χ2n) is 4.26. The van der Waals surface area contributed by atoms with Crippen LogP contribution in [0.5, 0.6) is 11.5 Å². The fourth-order valence-electron chi connectivity index (χ4n) is 1.69. The maximum Gasteiger partial charge on any atom is 0.335 e. The zero-order valence-electron chi connectivity index (χ0n) is 10.9. The molecule has 0 fully saturated rings. The van der Waals surface area contributed by atoms with Gasteiger partial charge in [-0.25, -0.2) is 4.79 Å². The largest absolute Gasteiger partial charge is 0.478 e. The molecule has 0 saturated heterocycles. The maximum absolute atomic E-state index is 11.0. The van der Waals surface area contributed by atoms with Gasteiger partial charge in [0.2, 0.25) is 5.75 Å². The van der Waals surface area contributed by atoms with Crippen molar-refractivity contribution in [2.45, 2.75) is 6.92 Å². The molecule has 0 unspecified atom stereocenters. The van der Waals surface area contributed by atoms with Gasteiger partial charge in [-0.3, -0.25) is 10.1 Å².